The van der Waals surface area contributed by atoms with Crippen molar-refractivity contribution in [3.8, 4) is 66.8 Å². The molecule has 18 aromatic rings. The molecule has 708 valence electrons. The first-order chi connectivity index (χ1) is 66.0. The second kappa shape index (κ2) is 40.8. The van der Waals surface area contributed by atoms with Crippen molar-refractivity contribution in [3.63, 3.8) is 0 Å². The van der Waals surface area contributed by atoms with Gasteiger partial charge in [-0.05, 0) is 192 Å². The highest BCUT2D eigenvalue weighted by Crippen LogP contribution is 2.46. The third kappa shape index (κ3) is 19.0. The number of aryl methyl sites for hydroxylation is 4. The number of fused-ring (bicyclic) bond motifs is 6. The van der Waals surface area contributed by atoms with Gasteiger partial charge in [-0.15, -0.1) is 0 Å². The largest absolute Gasteiger partial charge is 0.472 e. The van der Waals surface area contributed by atoms with Crippen molar-refractivity contribution in [2.75, 3.05) is 78.6 Å². The van der Waals surface area contributed by atoms with Gasteiger partial charge in [-0.2, -0.15) is 89.4 Å². The van der Waals surface area contributed by atoms with Gasteiger partial charge in [0.05, 0.1) is 121 Å². The summed E-state index contributed by atoms with van der Waals surface area (Å²) in [5.41, 5.74) is 65.2. The van der Waals surface area contributed by atoms with Crippen LogP contribution in [0.2, 0.25) is 5.02 Å². The Hall–Kier alpha value is -11.3. The van der Waals surface area contributed by atoms with Crippen LogP contribution in [0.5, 0.6) is 0 Å². The molecule has 3 aliphatic carbocycles. The predicted molar refractivity (Wildman–Crippen MR) is 550 cm³/mol. The molecule has 16 N–H and O–H groups in total. The molecule has 37 nitrogen and oxygen atoms in total. The third-order valence-electron chi connectivity index (χ3n) is 26.4. The normalized spacial score (nSPS) is 17.4. The molecule has 136 heavy (non-hydrogen) atoms. The molecule has 3 aliphatic heterocycles. The second-order valence-corrected chi connectivity index (χ2v) is 40.7. The van der Waals surface area contributed by atoms with E-state index in [4.69, 9.17) is 86.1 Å². The lowest BCUT2D eigenvalue weighted by Gasteiger charge is -2.23. The third-order valence-corrected chi connectivity index (χ3v) is 31.5. The van der Waals surface area contributed by atoms with Crippen LogP contribution in [0.15, 0.2) is 149 Å². The minimum Gasteiger partial charge on any atom is -0.472 e. The molecule has 0 radical (unpaired) electrons. The second-order valence-electron chi connectivity index (χ2n) is 35.6. The maximum Gasteiger partial charge on any atom is 0.167 e. The number of anilines is 7. The molecule has 0 aromatic carbocycles. The Morgan fingerprint density at radius 3 is 1.00 bits per heavy atom. The highest BCUT2D eigenvalue weighted by molar-refractivity contribution is 9.11. The quantitative estimate of drug-likeness (QED) is 0.0548. The van der Waals surface area contributed by atoms with Crippen LogP contribution < -0.4 is 55.7 Å². The summed E-state index contributed by atoms with van der Waals surface area (Å²) >= 11 is 26.2. The van der Waals surface area contributed by atoms with E-state index in [1.807, 2.05) is 108 Å². The molecule has 3 saturated heterocycles. The van der Waals surface area contributed by atoms with Crippen LogP contribution in [0.1, 0.15) is 186 Å². The number of nitrogens with one attached hydrogen (secondary N) is 2. The number of rotatable bonds is 12. The van der Waals surface area contributed by atoms with Crippen molar-refractivity contribution in [1.29, 1.82) is 0 Å². The van der Waals surface area contributed by atoms with Crippen molar-refractivity contribution in [2.45, 2.75) is 164 Å². The highest BCUT2D eigenvalue weighted by Gasteiger charge is 2.33. The van der Waals surface area contributed by atoms with Crippen LogP contribution >= 0.6 is 103 Å². The number of thiophene rings is 1. The lowest BCUT2D eigenvalue weighted by Crippen LogP contribution is -2.29. The average Bonchev–Trinajstić information content (AvgIpc) is 1.85. The first-order valence-corrected chi connectivity index (χ1v) is 51.2. The summed E-state index contributed by atoms with van der Waals surface area (Å²) in [5, 5.41) is 54.8. The molecule has 6 fully saturated rings. The fourth-order valence-electron chi connectivity index (χ4n) is 19.2. The Kier molecular flexibility index (Phi) is 28.1. The summed E-state index contributed by atoms with van der Waals surface area (Å²) in [7, 11) is 7.59. The summed E-state index contributed by atoms with van der Waals surface area (Å²) < 4.78 is 26.6. The average molecular weight is 2200 g/mol. The lowest BCUT2D eigenvalue weighted by molar-refractivity contribution is 0.435. The maximum atomic E-state index is 6.50. The first-order valence-electron chi connectivity index (χ1n) is 45.9. The van der Waals surface area contributed by atoms with Gasteiger partial charge >= 0.3 is 0 Å². The summed E-state index contributed by atoms with van der Waals surface area (Å²) in [6, 6.07) is 4.15. The Bertz CT molecular complexity index is 6590. The predicted octanol–water partition coefficient (Wildman–Crippen LogP) is 17.5. The van der Waals surface area contributed by atoms with Crippen LogP contribution in [0.4, 0.5) is 40.7 Å². The minimum atomic E-state index is 0.187. The molecule has 6 aliphatic rings. The first kappa shape index (κ1) is 93.7. The molecule has 3 atom stereocenters. The number of piperidine rings is 2. The number of hydrogen-bond acceptors (Lipinski definition) is 28. The van der Waals surface area contributed by atoms with Crippen LogP contribution in [0.3, 0.4) is 0 Å². The van der Waals surface area contributed by atoms with E-state index in [-0.39, 0.29) is 6.04 Å². The molecule has 0 spiro atoms. The van der Waals surface area contributed by atoms with Gasteiger partial charge in [0.25, 0.3) is 0 Å². The summed E-state index contributed by atoms with van der Waals surface area (Å²) in [4.78, 5) is 31.5. The van der Waals surface area contributed by atoms with Gasteiger partial charge in [0, 0.05) is 176 Å². The van der Waals surface area contributed by atoms with Crippen molar-refractivity contribution in [1.82, 2.24) is 137 Å². The number of nitrogens with two attached hydrogens (primary N) is 7. The monoisotopic (exact) mass is 2190 g/mol. The van der Waals surface area contributed by atoms with E-state index in [0.29, 0.717) is 69.5 Å². The van der Waals surface area contributed by atoms with Gasteiger partial charge in [-0.3, -0.25) is 18.7 Å². The smallest absolute Gasteiger partial charge is 0.167 e. The lowest BCUT2D eigenvalue weighted by atomic mass is 9.86. The topological polar surface area (TPSA) is 475 Å². The number of halogens is 6. The standard InChI is InChI=1S/2C16H19BrN6.C16H19ClN6.C15H18BrN7.C15H16BrN5O.C14H15BrN6S/c3*1-22-9-11(7-19-22)12-8-20-23-15(18)13(17)14(21-16(12)23)10-5-3-2-4-6-10;1-22-8-10(6-19-22)11-7-20-23-14(17)12(16)13(21-15(11)23)9-3-2-4-18-5-9;16-12-13(9-2-1-4-18-6-9)20-15-11(10-3-5-22-8-10)7-19-21(15)14(12)17;15-11-12(17)21-13(10(5-18-21)8-2-4-22-7-8)19-14(11)20-3-1-9(16)6-20/h3*7-10H,2-6,18H2,1H3;6-9,18H,2-5,17H2,1H3;3,5,7-9,18H,1-2,4,6,17H2;2,4-5,7,9H,1,3,6,16-17H2/t;;;;;9-/m.....0/s1. The summed E-state index contributed by atoms with van der Waals surface area (Å²) in [6.45, 7) is 5.68. The van der Waals surface area contributed by atoms with Crippen molar-refractivity contribution in [3.05, 3.63) is 178 Å². The molecule has 0 amide bonds. The molecule has 18 aromatic heterocycles. The van der Waals surface area contributed by atoms with Crippen LogP contribution in [0, 0.1) is 0 Å². The van der Waals surface area contributed by atoms with Crippen molar-refractivity contribution in [2.24, 2.45) is 33.9 Å². The Balaban J connectivity index is 0.000000105. The van der Waals surface area contributed by atoms with Gasteiger partial charge in [0.2, 0.25) is 0 Å². The van der Waals surface area contributed by atoms with Gasteiger partial charge in [-0.25, -0.2) is 29.9 Å². The summed E-state index contributed by atoms with van der Waals surface area (Å²) in [5.74, 6) is 6.33. The van der Waals surface area contributed by atoms with E-state index < -0.39 is 0 Å². The number of aromatic nitrogens is 26. The van der Waals surface area contributed by atoms with Crippen LogP contribution in [0.25, 0.3) is 101 Å². The molecule has 44 heteroatoms. The van der Waals surface area contributed by atoms with Crippen molar-refractivity contribution < 1.29 is 4.42 Å². The molecule has 24 rings (SSSR count). The Morgan fingerprint density at radius 1 is 0.360 bits per heavy atom. The maximum absolute atomic E-state index is 6.50. The molecule has 2 unspecified atom stereocenters. The SMILES string of the molecule is Cn1cc(-c2cnn3c(N)c(Br)c(C4CCCCC4)nc23)cn1.Cn1cc(-c2cnn3c(N)c(Br)c(C4CCCCC4)nc23)cn1.Cn1cc(-c2cnn3c(N)c(Br)c(C4CCCNC4)nc23)cn1.Cn1cc(-c2cnn3c(N)c(Cl)c(C4CCCCC4)nc23)cn1.Nc1c(Br)c(C2CCCNC2)nc2c(-c3ccoc3)cnn12.Nc1c(Br)c(N2CC[C@H](N)C2)nc2c(-c3ccsc3)cnn12. The van der Waals surface area contributed by atoms with E-state index in [1.54, 1.807) is 88.3 Å². The van der Waals surface area contributed by atoms with Crippen molar-refractivity contribution >= 4 is 177 Å². The van der Waals surface area contributed by atoms with E-state index in [9.17, 15) is 0 Å². The fourth-order valence-corrected chi connectivity index (χ4v) is 22.9. The van der Waals surface area contributed by atoms with Gasteiger partial charge in [0.1, 0.15) is 50.2 Å². The molecular weight excluding hydrogens is 2090 g/mol. The van der Waals surface area contributed by atoms with E-state index in [2.05, 4.69) is 158 Å². The van der Waals surface area contributed by atoms with Gasteiger partial charge < -0.3 is 60.1 Å². The summed E-state index contributed by atoms with van der Waals surface area (Å²) in [6.07, 6.45) is 53.1. The highest BCUT2D eigenvalue weighted by atomic mass is 79.9. The van der Waals surface area contributed by atoms with E-state index in [0.717, 1.165) is 242 Å². The Morgan fingerprint density at radius 2 is 0.684 bits per heavy atom. The zero-order chi connectivity index (χ0) is 94.3. The molecule has 3 saturated carbocycles. The Labute approximate surface area is 833 Å². The van der Waals surface area contributed by atoms with E-state index in [1.165, 1.54) is 83.5 Å². The van der Waals surface area contributed by atoms with Gasteiger partial charge in [-0.1, -0.05) is 69.4 Å². The number of nitrogens with zero attached hydrogens (tertiary/aromatic N) is 27. The zero-order valence-electron chi connectivity index (χ0n) is 75.6. The fraction of sp³-hybridized carbons (Fsp3) is 0.391. The molecule has 21 heterocycles. The minimum absolute atomic E-state index is 0.187. The van der Waals surface area contributed by atoms with Gasteiger partial charge in [0.15, 0.2) is 33.9 Å². The van der Waals surface area contributed by atoms with Crippen LogP contribution in [-0.4, -0.2) is 172 Å². The molecular formula is C92H106Br5ClN36OS. The number of hydrogen-bond donors (Lipinski definition) is 9. The zero-order valence-corrected chi connectivity index (χ0v) is 85.1. The van der Waals surface area contributed by atoms with E-state index >= 15 is 0 Å². The molecule has 0 bridgehead atoms. The number of furan rings is 1. The van der Waals surface area contributed by atoms with Crippen LogP contribution in [-0.2, 0) is 28.2 Å². The number of nitrogen functional groups attached to an aromatic ring is 6.